The van der Waals surface area contributed by atoms with Crippen molar-refractivity contribution in [2.24, 2.45) is 0 Å². The van der Waals surface area contributed by atoms with Crippen molar-refractivity contribution < 1.29 is 24.2 Å². The number of nitrogens with zero attached hydrogens (tertiary/aromatic N) is 1. The van der Waals surface area contributed by atoms with Crippen LogP contribution in [0.3, 0.4) is 0 Å². The van der Waals surface area contributed by atoms with Crippen LogP contribution in [-0.4, -0.2) is 42.3 Å². The first-order chi connectivity index (χ1) is 17.0. The first-order valence-corrected chi connectivity index (χ1v) is 11.7. The van der Waals surface area contributed by atoms with Gasteiger partial charge in [0.15, 0.2) is 0 Å². The van der Waals surface area contributed by atoms with E-state index in [4.69, 9.17) is 9.84 Å². The summed E-state index contributed by atoms with van der Waals surface area (Å²) < 4.78 is 5.59. The number of carbonyl (C=O) groups is 3. The number of amides is 2. The Morgan fingerprint density at radius 1 is 0.914 bits per heavy atom. The Morgan fingerprint density at radius 3 is 2.06 bits per heavy atom. The lowest BCUT2D eigenvalue weighted by atomic mass is 9.98. The zero-order chi connectivity index (χ0) is 24.8. The van der Waals surface area contributed by atoms with Gasteiger partial charge in [-0.15, -0.1) is 0 Å². The topological polar surface area (TPSA) is 95.9 Å². The van der Waals surface area contributed by atoms with Crippen LogP contribution >= 0.6 is 0 Å². The molecule has 0 unspecified atom stereocenters. The van der Waals surface area contributed by atoms with Gasteiger partial charge in [0.05, 0.1) is 6.42 Å². The highest BCUT2D eigenvalue weighted by atomic mass is 16.5. The van der Waals surface area contributed by atoms with Crippen LogP contribution < -0.4 is 10.2 Å². The van der Waals surface area contributed by atoms with Gasteiger partial charge in [0.1, 0.15) is 12.6 Å². The summed E-state index contributed by atoms with van der Waals surface area (Å²) >= 11 is 0. The molecular weight excluding hydrogens is 444 g/mol. The molecule has 0 heterocycles. The van der Waals surface area contributed by atoms with Crippen molar-refractivity contribution in [2.75, 3.05) is 18.1 Å². The van der Waals surface area contributed by atoms with Gasteiger partial charge in [0.2, 0.25) is 5.91 Å². The zero-order valence-corrected chi connectivity index (χ0v) is 19.5. The van der Waals surface area contributed by atoms with Gasteiger partial charge in [0, 0.05) is 18.2 Å². The van der Waals surface area contributed by atoms with Crippen LogP contribution in [0.1, 0.15) is 36.8 Å². The summed E-state index contributed by atoms with van der Waals surface area (Å²) in [6, 6.07) is 24.1. The van der Waals surface area contributed by atoms with Crippen LogP contribution in [0.5, 0.6) is 0 Å². The van der Waals surface area contributed by atoms with E-state index in [1.807, 2.05) is 42.5 Å². The molecule has 0 bridgehead atoms. The van der Waals surface area contributed by atoms with Gasteiger partial charge in [-0.05, 0) is 40.8 Å². The van der Waals surface area contributed by atoms with Gasteiger partial charge in [-0.1, -0.05) is 73.7 Å². The van der Waals surface area contributed by atoms with E-state index in [-0.39, 0.29) is 31.4 Å². The van der Waals surface area contributed by atoms with Crippen LogP contribution in [0.2, 0.25) is 0 Å². The third-order valence-corrected chi connectivity index (χ3v) is 6.23. The van der Waals surface area contributed by atoms with E-state index >= 15 is 0 Å². The van der Waals surface area contributed by atoms with E-state index in [1.165, 1.54) is 4.90 Å². The maximum absolute atomic E-state index is 13.3. The molecule has 1 aliphatic carbocycles. The normalized spacial score (nSPS) is 12.8. The molecule has 35 heavy (non-hydrogen) atoms. The van der Waals surface area contributed by atoms with Crippen molar-refractivity contribution in [3.05, 3.63) is 90.0 Å². The van der Waals surface area contributed by atoms with E-state index in [0.29, 0.717) is 12.1 Å². The van der Waals surface area contributed by atoms with Gasteiger partial charge in [-0.25, -0.2) is 4.79 Å². The summed E-state index contributed by atoms with van der Waals surface area (Å²) in [5, 5.41) is 11.8. The number of ether oxygens (including phenoxy) is 1. The number of hydrogen-bond acceptors (Lipinski definition) is 4. The van der Waals surface area contributed by atoms with E-state index in [1.54, 1.807) is 31.2 Å². The number of nitrogens with one attached hydrogen (secondary N) is 1. The van der Waals surface area contributed by atoms with Gasteiger partial charge >= 0.3 is 12.1 Å². The Labute approximate surface area is 204 Å². The molecule has 2 N–H and O–H groups in total. The number of fused-ring (bicyclic) bond motifs is 3. The number of alkyl carbamates (subject to hydrolysis) is 1. The highest BCUT2D eigenvalue weighted by molar-refractivity contribution is 5.99. The highest BCUT2D eigenvalue weighted by Gasteiger charge is 2.30. The molecule has 0 radical (unpaired) electrons. The van der Waals surface area contributed by atoms with Crippen LogP contribution in [0.15, 0.2) is 78.9 Å². The summed E-state index contributed by atoms with van der Waals surface area (Å²) in [5.41, 5.74) is 5.06. The van der Waals surface area contributed by atoms with Crippen LogP contribution in [0.4, 0.5) is 10.5 Å². The molecule has 3 aromatic rings. The lowest BCUT2D eigenvalue weighted by Gasteiger charge is -2.27. The van der Waals surface area contributed by atoms with Gasteiger partial charge < -0.3 is 20.1 Å². The number of para-hydroxylation sites is 1. The minimum atomic E-state index is -1.00. The van der Waals surface area contributed by atoms with Gasteiger partial charge in [-0.3, -0.25) is 9.59 Å². The molecule has 0 aliphatic heterocycles. The number of benzene rings is 3. The Morgan fingerprint density at radius 2 is 1.49 bits per heavy atom. The Balaban J connectivity index is 1.44. The summed E-state index contributed by atoms with van der Waals surface area (Å²) in [7, 11) is 0. The van der Waals surface area contributed by atoms with Crippen molar-refractivity contribution in [2.45, 2.75) is 31.7 Å². The summed E-state index contributed by atoms with van der Waals surface area (Å²) in [6.45, 7) is 1.93. The van der Waals surface area contributed by atoms with Crippen LogP contribution in [0, 0.1) is 0 Å². The first-order valence-electron chi connectivity index (χ1n) is 11.7. The van der Waals surface area contributed by atoms with Gasteiger partial charge in [0.25, 0.3) is 0 Å². The fourth-order valence-corrected chi connectivity index (χ4v) is 4.49. The van der Waals surface area contributed by atoms with Crippen LogP contribution in [0.25, 0.3) is 11.1 Å². The molecule has 2 amide bonds. The predicted molar refractivity (Wildman–Crippen MR) is 133 cm³/mol. The molecule has 7 heteroatoms. The van der Waals surface area contributed by atoms with E-state index in [0.717, 1.165) is 22.3 Å². The van der Waals surface area contributed by atoms with Crippen molar-refractivity contribution in [1.82, 2.24) is 5.32 Å². The smallest absolute Gasteiger partial charge is 0.407 e. The summed E-state index contributed by atoms with van der Waals surface area (Å²) in [6.07, 6.45) is -0.556. The van der Waals surface area contributed by atoms with Crippen molar-refractivity contribution >= 4 is 23.7 Å². The first kappa shape index (κ1) is 24.0. The monoisotopic (exact) mass is 472 g/mol. The molecule has 0 aromatic heterocycles. The number of rotatable bonds is 9. The largest absolute Gasteiger partial charge is 0.481 e. The summed E-state index contributed by atoms with van der Waals surface area (Å²) in [5.74, 6) is -1.47. The average molecular weight is 473 g/mol. The number of carboxylic acids is 1. The molecule has 0 saturated heterocycles. The van der Waals surface area contributed by atoms with Crippen molar-refractivity contribution in [3.8, 4) is 11.1 Å². The molecule has 3 aromatic carbocycles. The molecule has 0 fully saturated rings. The number of hydrogen-bond donors (Lipinski definition) is 2. The third-order valence-electron chi connectivity index (χ3n) is 6.23. The number of aliphatic carboxylic acids is 1. The second kappa shape index (κ2) is 10.9. The average Bonchev–Trinajstić information content (AvgIpc) is 3.20. The van der Waals surface area contributed by atoms with E-state index in [2.05, 4.69) is 17.4 Å². The minimum Gasteiger partial charge on any atom is -0.481 e. The van der Waals surface area contributed by atoms with Crippen molar-refractivity contribution in [3.63, 3.8) is 0 Å². The zero-order valence-electron chi connectivity index (χ0n) is 19.5. The maximum atomic E-state index is 13.3. The molecule has 4 rings (SSSR count). The minimum absolute atomic E-state index is 0.00104. The fourth-order valence-electron chi connectivity index (χ4n) is 4.49. The number of carboxylic acid groups (broad SMARTS) is 1. The second-order valence-corrected chi connectivity index (χ2v) is 8.40. The van der Waals surface area contributed by atoms with E-state index < -0.39 is 18.1 Å². The van der Waals surface area contributed by atoms with Crippen molar-refractivity contribution in [1.29, 1.82) is 0 Å². The molecular formula is C28H28N2O5. The lowest BCUT2D eigenvalue weighted by molar-refractivity contribution is -0.136. The Hall–Kier alpha value is -4.13. The second-order valence-electron chi connectivity index (χ2n) is 8.40. The molecule has 1 atom stereocenters. The summed E-state index contributed by atoms with van der Waals surface area (Å²) in [4.78, 5) is 38.5. The fraction of sp³-hybridized carbons (Fsp3) is 0.250. The maximum Gasteiger partial charge on any atom is 0.407 e. The van der Waals surface area contributed by atoms with E-state index in [9.17, 15) is 14.4 Å². The SMILES string of the molecule is CC[C@H](NC(=O)OCC1c2ccccc2-c2ccccc21)C(=O)N(CCC(=O)O)c1ccccc1. The highest BCUT2D eigenvalue weighted by Crippen LogP contribution is 2.44. The van der Waals surface area contributed by atoms with Gasteiger partial charge in [-0.2, -0.15) is 0 Å². The number of anilines is 1. The molecule has 180 valence electrons. The third kappa shape index (κ3) is 5.35. The predicted octanol–water partition coefficient (Wildman–Crippen LogP) is 4.81. The lowest BCUT2D eigenvalue weighted by Crippen LogP contribution is -2.49. The Bertz CT molecular complexity index is 1170. The standard InChI is InChI=1S/C28H28N2O5/c1-2-25(27(33)30(17-16-26(31)32)19-10-4-3-5-11-19)29-28(34)35-18-24-22-14-8-6-12-20(22)21-13-7-9-15-23(21)24/h3-15,24-25H,2,16-18H2,1H3,(H,29,34)(H,31,32)/t25-/m0/s1. The molecule has 0 spiro atoms. The quantitative estimate of drug-likeness (QED) is 0.466. The van der Waals surface area contributed by atoms with Crippen LogP contribution in [-0.2, 0) is 14.3 Å². The number of carbonyl (C=O) groups excluding carboxylic acids is 2. The Kier molecular flexibility index (Phi) is 7.45. The molecule has 1 aliphatic rings. The molecule has 0 saturated carbocycles. The molecule has 7 nitrogen and oxygen atoms in total.